The van der Waals surface area contributed by atoms with Crippen molar-refractivity contribution in [3.63, 3.8) is 0 Å². The monoisotopic (exact) mass is 393 g/mol. The zero-order chi connectivity index (χ0) is 19.5. The van der Waals surface area contributed by atoms with Crippen molar-refractivity contribution >= 4 is 29.1 Å². The first-order chi connectivity index (χ1) is 13.7. The van der Waals surface area contributed by atoms with E-state index in [0.717, 1.165) is 48.1 Å². The number of pyridine rings is 1. The van der Waals surface area contributed by atoms with Gasteiger partial charge in [-0.15, -0.1) is 0 Å². The van der Waals surface area contributed by atoms with E-state index in [0.29, 0.717) is 11.1 Å². The summed E-state index contributed by atoms with van der Waals surface area (Å²) in [7, 11) is 0. The number of aromatic nitrogens is 2. The van der Waals surface area contributed by atoms with Crippen LogP contribution >= 0.6 is 11.6 Å². The molecule has 0 spiro atoms. The quantitative estimate of drug-likeness (QED) is 0.552. The number of carbonyl (C=O) groups is 1. The molecule has 1 saturated heterocycles. The van der Waals surface area contributed by atoms with E-state index in [1.54, 1.807) is 6.08 Å². The first kappa shape index (κ1) is 18.8. The van der Waals surface area contributed by atoms with Crippen LogP contribution in [0.25, 0.3) is 22.9 Å². The summed E-state index contributed by atoms with van der Waals surface area (Å²) in [6.45, 7) is 3.00. The van der Waals surface area contributed by atoms with E-state index >= 15 is 0 Å². The second-order valence-electron chi connectivity index (χ2n) is 7.22. The molecule has 0 N–H and O–H groups in total. The van der Waals surface area contributed by atoms with Gasteiger partial charge in [0, 0.05) is 41.0 Å². The largest absolute Gasteiger partial charge is 0.336 e. The van der Waals surface area contributed by atoms with E-state index < -0.39 is 0 Å². The van der Waals surface area contributed by atoms with Gasteiger partial charge in [-0.1, -0.05) is 36.7 Å². The summed E-state index contributed by atoms with van der Waals surface area (Å²) in [4.78, 5) is 14.9. The molecule has 3 heterocycles. The van der Waals surface area contributed by atoms with Crippen LogP contribution in [0.2, 0.25) is 5.02 Å². The predicted molar refractivity (Wildman–Crippen MR) is 114 cm³/mol. The van der Waals surface area contributed by atoms with Crippen LogP contribution in [0, 0.1) is 0 Å². The topological polar surface area (TPSA) is 37.6 Å². The van der Waals surface area contributed by atoms with E-state index in [9.17, 15) is 4.79 Å². The molecule has 0 bridgehead atoms. The lowest BCUT2D eigenvalue weighted by atomic mass is 10.00. The van der Waals surface area contributed by atoms with Crippen LogP contribution in [-0.4, -0.2) is 33.0 Å². The SMILES string of the molecule is CCC1CCCCN1C(=O)C=Cc1c(-c2ccc(Cl)cc2)nn2ccccc12. The highest BCUT2D eigenvalue weighted by Gasteiger charge is 2.24. The maximum Gasteiger partial charge on any atom is 0.246 e. The number of rotatable bonds is 4. The maximum atomic E-state index is 12.9. The number of nitrogens with zero attached hydrogens (tertiary/aromatic N) is 3. The van der Waals surface area contributed by atoms with Gasteiger partial charge in [-0.3, -0.25) is 4.79 Å². The lowest BCUT2D eigenvalue weighted by Crippen LogP contribution is -2.42. The van der Waals surface area contributed by atoms with Gasteiger partial charge < -0.3 is 4.90 Å². The highest BCUT2D eigenvalue weighted by molar-refractivity contribution is 6.30. The van der Waals surface area contributed by atoms with Crippen molar-refractivity contribution in [1.82, 2.24) is 14.5 Å². The van der Waals surface area contributed by atoms with E-state index in [1.165, 1.54) is 6.42 Å². The van der Waals surface area contributed by atoms with Crippen molar-refractivity contribution in [3.05, 3.63) is 65.3 Å². The number of benzene rings is 1. The Balaban J connectivity index is 1.71. The molecule has 1 aliphatic heterocycles. The summed E-state index contributed by atoms with van der Waals surface area (Å²) < 4.78 is 1.85. The van der Waals surface area contributed by atoms with Gasteiger partial charge in [0.2, 0.25) is 5.91 Å². The van der Waals surface area contributed by atoms with Gasteiger partial charge in [-0.25, -0.2) is 4.52 Å². The van der Waals surface area contributed by atoms with Crippen LogP contribution in [0.4, 0.5) is 0 Å². The molecule has 1 fully saturated rings. The average molecular weight is 394 g/mol. The number of likely N-dealkylation sites (tertiary alicyclic amines) is 1. The fourth-order valence-corrected chi connectivity index (χ4v) is 4.09. The molecule has 2 aromatic heterocycles. The van der Waals surface area contributed by atoms with Crippen LogP contribution in [0.5, 0.6) is 0 Å². The number of piperidine rings is 1. The average Bonchev–Trinajstić information content (AvgIpc) is 3.11. The molecule has 1 aromatic carbocycles. The fourth-order valence-electron chi connectivity index (χ4n) is 3.97. The van der Waals surface area contributed by atoms with Gasteiger partial charge in [-0.05, 0) is 56.0 Å². The number of hydrogen-bond donors (Lipinski definition) is 0. The third-order valence-electron chi connectivity index (χ3n) is 5.47. The van der Waals surface area contributed by atoms with Crippen molar-refractivity contribution in [2.45, 2.75) is 38.6 Å². The van der Waals surface area contributed by atoms with E-state index in [1.807, 2.05) is 64.2 Å². The number of amides is 1. The molecule has 1 unspecified atom stereocenters. The molecule has 1 aliphatic rings. The summed E-state index contributed by atoms with van der Waals surface area (Å²) in [5.74, 6) is 0.0869. The summed E-state index contributed by atoms with van der Waals surface area (Å²) >= 11 is 6.04. The van der Waals surface area contributed by atoms with Gasteiger partial charge in [0.25, 0.3) is 0 Å². The van der Waals surface area contributed by atoms with E-state index in [-0.39, 0.29) is 5.91 Å². The highest BCUT2D eigenvalue weighted by atomic mass is 35.5. The van der Waals surface area contributed by atoms with Crippen LogP contribution in [-0.2, 0) is 4.79 Å². The predicted octanol–water partition coefficient (Wildman–Crippen LogP) is 5.46. The Morgan fingerprint density at radius 2 is 2.04 bits per heavy atom. The van der Waals surface area contributed by atoms with Gasteiger partial charge >= 0.3 is 0 Å². The normalized spacial score (nSPS) is 17.5. The maximum absolute atomic E-state index is 12.9. The van der Waals surface area contributed by atoms with Crippen LogP contribution < -0.4 is 0 Å². The first-order valence-corrected chi connectivity index (χ1v) is 10.3. The Morgan fingerprint density at radius 1 is 1.21 bits per heavy atom. The molecule has 0 radical (unpaired) electrons. The third-order valence-corrected chi connectivity index (χ3v) is 5.72. The molecule has 4 nitrogen and oxygen atoms in total. The number of halogens is 1. The Kier molecular flexibility index (Phi) is 5.49. The molecule has 1 amide bonds. The smallest absolute Gasteiger partial charge is 0.246 e. The fraction of sp³-hybridized carbons (Fsp3) is 0.304. The van der Waals surface area contributed by atoms with Gasteiger partial charge in [0.1, 0.15) is 5.69 Å². The second-order valence-corrected chi connectivity index (χ2v) is 7.66. The second kappa shape index (κ2) is 8.19. The molecule has 4 rings (SSSR count). The molecule has 0 saturated carbocycles. The van der Waals surface area contributed by atoms with Crippen molar-refractivity contribution < 1.29 is 4.79 Å². The van der Waals surface area contributed by atoms with E-state index in [2.05, 4.69) is 6.92 Å². The third kappa shape index (κ3) is 3.69. The number of carbonyl (C=O) groups excluding carboxylic acids is 1. The minimum absolute atomic E-state index is 0.0869. The molecular weight excluding hydrogens is 370 g/mol. The zero-order valence-electron chi connectivity index (χ0n) is 16.0. The summed E-state index contributed by atoms with van der Waals surface area (Å²) in [6.07, 6.45) is 9.94. The number of fused-ring (bicyclic) bond motifs is 1. The van der Waals surface area contributed by atoms with Crippen molar-refractivity contribution in [2.24, 2.45) is 0 Å². The summed E-state index contributed by atoms with van der Waals surface area (Å²) in [5, 5.41) is 5.42. The van der Waals surface area contributed by atoms with E-state index in [4.69, 9.17) is 16.7 Å². The van der Waals surface area contributed by atoms with Gasteiger partial charge in [0.05, 0.1) is 5.52 Å². The molecule has 0 aliphatic carbocycles. The summed E-state index contributed by atoms with van der Waals surface area (Å²) in [6, 6.07) is 13.9. The Hall–Kier alpha value is -2.59. The number of hydrogen-bond acceptors (Lipinski definition) is 2. The minimum Gasteiger partial charge on any atom is -0.336 e. The Labute approximate surface area is 170 Å². The van der Waals surface area contributed by atoms with Crippen molar-refractivity contribution in [2.75, 3.05) is 6.54 Å². The standard InChI is InChI=1S/C23H24ClN3O/c1-2-19-7-3-5-15-26(19)22(28)14-13-20-21-8-4-6-16-27(21)25-23(20)17-9-11-18(24)12-10-17/h4,6,8-14,16,19H,2-3,5,7,15H2,1H3. The summed E-state index contributed by atoms with van der Waals surface area (Å²) in [5.41, 5.74) is 3.74. The lowest BCUT2D eigenvalue weighted by molar-refractivity contribution is -0.129. The van der Waals surface area contributed by atoms with Crippen LogP contribution in [0.1, 0.15) is 38.2 Å². The minimum atomic E-state index is 0.0869. The molecule has 1 atom stereocenters. The Bertz CT molecular complexity index is 1010. The zero-order valence-corrected chi connectivity index (χ0v) is 16.8. The molecule has 5 heteroatoms. The highest BCUT2D eigenvalue weighted by Crippen LogP contribution is 2.29. The van der Waals surface area contributed by atoms with Gasteiger partial charge in [0.15, 0.2) is 0 Å². The van der Waals surface area contributed by atoms with Gasteiger partial charge in [-0.2, -0.15) is 5.10 Å². The molecule has 28 heavy (non-hydrogen) atoms. The van der Waals surface area contributed by atoms with Crippen molar-refractivity contribution in [1.29, 1.82) is 0 Å². The Morgan fingerprint density at radius 3 is 2.82 bits per heavy atom. The molecule has 3 aromatic rings. The van der Waals surface area contributed by atoms with Crippen LogP contribution in [0.15, 0.2) is 54.7 Å². The molecule has 144 valence electrons. The van der Waals surface area contributed by atoms with Crippen LogP contribution in [0.3, 0.4) is 0 Å². The first-order valence-electron chi connectivity index (χ1n) is 9.89. The van der Waals surface area contributed by atoms with Crippen molar-refractivity contribution in [3.8, 4) is 11.3 Å². The molecular formula is C23H24ClN3O. The lowest BCUT2D eigenvalue weighted by Gasteiger charge is -2.34.